The Bertz CT molecular complexity index is 1210. The zero-order chi connectivity index (χ0) is 21.3. The molecule has 8 heteroatoms. The molecule has 0 amide bonds. The number of benzene rings is 2. The first-order valence-corrected chi connectivity index (χ1v) is 9.11. The average Bonchev–Trinajstić information content (AvgIpc) is 2.75. The first-order valence-electron chi connectivity index (χ1n) is 8.73. The van der Waals surface area contributed by atoms with Gasteiger partial charge in [-0.1, -0.05) is 35.9 Å². The van der Waals surface area contributed by atoms with E-state index in [9.17, 15) is 17.6 Å². The lowest BCUT2D eigenvalue weighted by Crippen LogP contribution is -2.08. The highest BCUT2D eigenvalue weighted by molar-refractivity contribution is 6.31. The van der Waals surface area contributed by atoms with Crippen LogP contribution < -0.4 is 0 Å². The number of rotatable bonds is 3. The Hall–Kier alpha value is -3.32. The highest BCUT2D eigenvalue weighted by Gasteiger charge is 2.34. The molecule has 2 aromatic carbocycles. The number of alkyl halides is 3. The van der Waals surface area contributed by atoms with Crippen molar-refractivity contribution in [2.24, 2.45) is 0 Å². The molecular weight excluding hydrogens is 418 g/mol. The molecule has 0 fully saturated rings. The summed E-state index contributed by atoms with van der Waals surface area (Å²) in [5.41, 5.74) is 1.80. The maximum absolute atomic E-state index is 13.4. The number of nitrogens with zero attached hydrogens (tertiary/aromatic N) is 3. The van der Waals surface area contributed by atoms with Crippen molar-refractivity contribution in [2.45, 2.75) is 6.18 Å². The Labute approximate surface area is 174 Å². The van der Waals surface area contributed by atoms with E-state index in [-0.39, 0.29) is 10.7 Å². The molecule has 150 valence electrons. The van der Waals surface area contributed by atoms with Gasteiger partial charge in [0.25, 0.3) is 0 Å². The number of pyridine rings is 1. The SMILES string of the molecule is Fc1ccc(-c2cc(-c3ccc(-c4ncccc4C(F)(F)F)cc3)ncn2)cc1Cl. The van der Waals surface area contributed by atoms with Gasteiger partial charge in [-0.3, -0.25) is 4.98 Å². The van der Waals surface area contributed by atoms with Crippen LogP contribution in [-0.2, 0) is 6.18 Å². The molecule has 0 atom stereocenters. The minimum absolute atomic E-state index is 0.0205. The molecule has 0 radical (unpaired) electrons. The normalized spacial score (nSPS) is 11.5. The van der Waals surface area contributed by atoms with Crippen LogP contribution in [0.4, 0.5) is 17.6 Å². The summed E-state index contributed by atoms with van der Waals surface area (Å²) in [6.45, 7) is 0. The fourth-order valence-corrected chi connectivity index (χ4v) is 3.17. The van der Waals surface area contributed by atoms with Gasteiger partial charge in [0.2, 0.25) is 0 Å². The summed E-state index contributed by atoms with van der Waals surface area (Å²) < 4.78 is 53.1. The van der Waals surface area contributed by atoms with Crippen LogP contribution in [0.5, 0.6) is 0 Å². The molecule has 2 heterocycles. The Balaban J connectivity index is 1.68. The van der Waals surface area contributed by atoms with E-state index in [0.717, 1.165) is 6.07 Å². The molecule has 0 bridgehead atoms. The molecule has 0 aliphatic heterocycles. The summed E-state index contributed by atoms with van der Waals surface area (Å²) >= 11 is 5.84. The molecule has 4 aromatic rings. The van der Waals surface area contributed by atoms with Gasteiger partial charge in [-0.25, -0.2) is 14.4 Å². The summed E-state index contributed by atoms with van der Waals surface area (Å²) in [7, 11) is 0. The second-order valence-corrected chi connectivity index (χ2v) is 6.80. The highest BCUT2D eigenvalue weighted by Crippen LogP contribution is 2.36. The van der Waals surface area contributed by atoms with Crippen LogP contribution in [0.2, 0.25) is 5.02 Å². The summed E-state index contributed by atoms with van der Waals surface area (Å²) in [6.07, 6.45) is -1.82. The van der Waals surface area contributed by atoms with Crippen LogP contribution in [0.3, 0.4) is 0 Å². The monoisotopic (exact) mass is 429 g/mol. The van der Waals surface area contributed by atoms with Gasteiger partial charge in [0.15, 0.2) is 0 Å². The van der Waals surface area contributed by atoms with E-state index in [0.29, 0.717) is 28.1 Å². The third kappa shape index (κ3) is 4.02. The van der Waals surface area contributed by atoms with Gasteiger partial charge in [0, 0.05) is 22.9 Å². The van der Waals surface area contributed by atoms with Crippen LogP contribution in [0.15, 0.2) is 73.2 Å². The minimum atomic E-state index is -4.50. The van der Waals surface area contributed by atoms with Crippen molar-refractivity contribution in [3.05, 3.63) is 89.6 Å². The molecule has 0 unspecified atom stereocenters. The Morgan fingerprint density at radius 1 is 0.733 bits per heavy atom. The molecule has 0 N–H and O–H groups in total. The maximum atomic E-state index is 13.4. The standard InChI is InChI=1S/C22H12ClF4N3/c23-17-10-15(7-8-18(17)24)20-11-19(29-12-30-20)13-3-5-14(6-4-13)21-16(22(25,26)27)2-1-9-28-21/h1-12H. The predicted octanol–water partition coefficient (Wildman–Crippen LogP) is 6.68. The minimum Gasteiger partial charge on any atom is -0.256 e. The van der Waals surface area contributed by atoms with Gasteiger partial charge in [0.1, 0.15) is 12.1 Å². The van der Waals surface area contributed by atoms with E-state index in [1.807, 2.05) is 0 Å². The molecule has 0 saturated carbocycles. The topological polar surface area (TPSA) is 38.7 Å². The van der Waals surface area contributed by atoms with Gasteiger partial charge in [0.05, 0.1) is 27.7 Å². The number of hydrogen-bond donors (Lipinski definition) is 0. The van der Waals surface area contributed by atoms with E-state index in [4.69, 9.17) is 11.6 Å². The second-order valence-electron chi connectivity index (χ2n) is 6.39. The quantitative estimate of drug-likeness (QED) is 0.341. The van der Waals surface area contributed by atoms with E-state index in [2.05, 4.69) is 15.0 Å². The van der Waals surface area contributed by atoms with Crippen molar-refractivity contribution in [3.63, 3.8) is 0 Å². The van der Waals surface area contributed by atoms with Gasteiger partial charge >= 0.3 is 6.18 Å². The first kappa shape index (κ1) is 20.0. The molecule has 3 nitrogen and oxygen atoms in total. The molecular formula is C22H12ClF4N3. The molecule has 30 heavy (non-hydrogen) atoms. The molecule has 4 rings (SSSR count). The summed E-state index contributed by atoms with van der Waals surface area (Å²) in [4.78, 5) is 12.3. The maximum Gasteiger partial charge on any atom is 0.418 e. The van der Waals surface area contributed by atoms with Crippen molar-refractivity contribution in [2.75, 3.05) is 0 Å². The van der Waals surface area contributed by atoms with Gasteiger partial charge in [-0.05, 0) is 36.4 Å². The lowest BCUT2D eigenvalue weighted by molar-refractivity contribution is -0.137. The van der Waals surface area contributed by atoms with Crippen molar-refractivity contribution in [1.29, 1.82) is 0 Å². The summed E-state index contributed by atoms with van der Waals surface area (Å²) in [5, 5.41) is -0.0205. The fraction of sp³-hybridized carbons (Fsp3) is 0.0455. The molecule has 2 aromatic heterocycles. The van der Waals surface area contributed by atoms with Crippen molar-refractivity contribution < 1.29 is 17.6 Å². The van der Waals surface area contributed by atoms with Crippen LogP contribution in [-0.4, -0.2) is 15.0 Å². The van der Waals surface area contributed by atoms with Crippen LogP contribution in [0, 0.1) is 5.82 Å². The largest absolute Gasteiger partial charge is 0.418 e. The number of halogens is 5. The Morgan fingerprint density at radius 2 is 1.37 bits per heavy atom. The van der Waals surface area contributed by atoms with Crippen LogP contribution in [0.1, 0.15) is 5.56 Å². The van der Waals surface area contributed by atoms with E-state index in [1.165, 1.54) is 30.7 Å². The van der Waals surface area contributed by atoms with E-state index in [1.54, 1.807) is 36.4 Å². The third-order valence-electron chi connectivity index (χ3n) is 4.45. The van der Waals surface area contributed by atoms with Crippen molar-refractivity contribution >= 4 is 11.6 Å². The van der Waals surface area contributed by atoms with Crippen LogP contribution in [0.25, 0.3) is 33.8 Å². The van der Waals surface area contributed by atoms with Crippen molar-refractivity contribution in [3.8, 4) is 33.8 Å². The Kier molecular flexibility index (Phi) is 5.22. The highest BCUT2D eigenvalue weighted by atomic mass is 35.5. The Morgan fingerprint density at radius 3 is 2.03 bits per heavy atom. The molecule has 0 spiro atoms. The van der Waals surface area contributed by atoms with E-state index < -0.39 is 17.6 Å². The predicted molar refractivity (Wildman–Crippen MR) is 106 cm³/mol. The zero-order valence-corrected chi connectivity index (χ0v) is 15.9. The zero-order valence-electron chi connectivity index (χ0n) is 15.2. The second kappa shape index (κ2) is 7.84. The average molecular weight is 430 g/mol. The number of hydrogen-bond acceptors (Lipinski definition) is 3. The van der Waals surface area contributed by atoms with Gasteiger partial charge in [-0.2, -0.15) is 13.2 Å². The third-order valence-corrected chi connectivity index (χ3v) is 4.74. The molecule has 0 aliphatic carbocycles. The molecule has 0 saturated heterocycles. The van der Waals surface area contributed by atoms with Gasteiger partial charge in [-0.15, -0.1) is 0 Å². The number of aromatic nitrogens is 3. The smallest absolute Gasteiger partial charge is 0.256 e. The first-order chi connectivity index (χ1) is 14.3. The van der Waals surface area contributed by atoms with Crippen molar-refractivity contribution in [1.82, 2.24) is 15.0 Å². The lowest BCUT2D eigenvalue weighted by atomic mass is 10.0. The summed E-state index contributed by atoms with van der Waals surface area (Å²) in [6, 6.07) is 14.7. The van der Waals surface area contributed by atoms with Crippen LogP contribution >= 0.6 is 11.6 Å². The fourth-order valence-electron chi connectivity index (χ4n) is 2.99. The lowest BCUT2D eigenvalue weighted by Gasteiger charge is -2.12. The summed E-state index contributed by atoms with van der Waals surface area (Å²) in [5.74, 6) is -0.530. The van der Waals surface area contributed by atoms with Gasteiger partial charge < -0.3 is 0 Å². The molecule has 0 aliphatic rings. The van der Waals surface area contributed by atoms with E-state index >= 15 is 0 Å².